The van der Waals surface area contributed by atoms with E-state index in [9.17, 15) is 8.42 Å². The molecule has 0 bridgehead atoms. The number of alkyl halides is 1. The lowest BCUT2D eigenvalue weighted by Gasteiger charge is -2.26. The van der Waals surface area contributed by atoms with E-state index in [1.807, 2.05) is 27.7 Å². The fraction of sp³-hybridized carbons (Fsp3) is 1.00. The second kappa shape index (κ2) is 6.18. The summed E-state index contributed by atoms with van der Waals surface area (Å²) in [4.78, 5) is 0. The second-order valence-electron chi connectivity index (χ2n) is 4.15. The van der Waals surface area contributed by atoms with Crippen molar-refractivity contribution in [2.75, 3.05) is 12.4 Å². The molecule has 0 aliphatic rings. The van der Waals surface area contributed by atoms with E-state index >= 15 is 0 Å². The first-order valence-electron chi connectivity index (χ1n) is 5.03. The van der Waals surface area contributed by atoms with Crippen LogP contribution < -0.4 is 4.72 Å². The van der Waals surface area contributed by atoms with Gasteiger partial charge in [0.2, 0.25) is 0 Å². The Morgan fingerprint density at radius 2 is 1.73 bits per heavy atom. The van der Waals surface area contributed by atoms with Gasteiger partial charge in [0.05, 0.1) is 0 Å². The van der Waals surface area contributed by atoms with E-state index in [1.165, 1.54) is 4.31 Å². The lowest BCUT2D eigenvalue weighted by atomic mass is 10.1. The number of halogens is 1. The Bertz CT molecular complexity index is 280. The zero-order valence-electron chi connectivity index (χ0n) is 9.99. The van der Waals surface area contributed by atoms with Crippen molar-refractivity contribution in [1.82, 2.24) is 9.03 Å². The third kappa shape index (κ3) is 4.80. The van der Waals surface area contributed by atoms with Crippen LogP contribution in [0.4, 0.5) is 0 Å². The van der Waals surface area contributed by atoms with Gasteiger partial charge in [-0.15, -0.1) is 0 Å². The highest BCUT2D eigenvalue weighted by Gasteiger charge is 2.24. The molecular formula is C9H21BrN2O2S. The molecule has 0 saturated carbocycles. The summed E-state index contributed by atoms with van der Waals surface area (Å²) in [6, 6.07) is -0.107. The summed E-state index contributed by atoms with van der Waals surface area (Å²) >= 11 is 3.34. The first-order chi connectivity index (χ1) is 6.72. The summed E-state index contributed by atoms with van der Waals surface area (Å²) in [6.45, 7) is 7.56. The summed E-state index contributed by atoms with van der Waals surface area (Å²) in [7, 11) is -1.77. The van der Waals surface area contributed by atoms with Crippen molar-refractivity contribution in [2.24, 2.45) is 5.92 Å². The lowest BCUT2D eigenvalue weighted by Crippen LogP contribution is -2.47. The number of hydrogen-bond donors (Lipinski definition) is 1. The van der Waals surface area contributed by atoms with Crippen LogP contribution in [0.5, 0.6) is 0 Å². The van der Waals surface area contributed by atoms with Gasteiger partial charge >= 0.3 is 0 Å². The highest BCUT2D eigenvalue weighted by atomic mass is 79.9. The molecule has 0 aromatic carbocycles. The molecule has 0 saturated heterocycles. The zero-order chi connectivity index (χ0) is 12.2. The minimum absolute atomic E-state index is 0.0334. The molecule has 0 fully saturated rings. The number of nitrogens with one attached hydrogen (secondary N) is 1. The maximum Gasteiger partial charge on any atom is 0.279 e. The molecule has 0 aliphatic heterocycles. The maximum absolute atomic E-state index is 11.8. The molecule has 0 aromatic heterocycles. The SMILES string of the molecule is CC(CBr)C(C)NS(=O)(=O)N(C)C(C)C. The Kier molecular flexibility index (Phi) is 6.32. The predicted molar refractivity (Wildman–Crippen MR) is 67.4 cm³/mol. The minimum Gasteiger partial charge on any atom is -0.199 e. The standard InChI is InChI=1S/C9H21BrN2O2S/c1-7(2)12(5)15(13,14)11-9(4)8(3)6-10/h7-9,11H,6H2,1-5H3. The van der Waals surface area contributed by atoms with Gasteiger partial charge < -0.3 is 0 Å². The van der Waals surface area contributed by atoms with Crippen molar-refractivity contribution in [3.63, 3.8) is 0 Å². The summed E-state index contributed by atoms with van der Waals surface area (Å²) in [5, 5.41) is 0.780. The molecule has 15 heavy (non-hydrogen) atoms. The molecule has 2 unspecified atom stereocenters. The maximum atomic E-state index is 11.8. The number of hydrogen-bond acceptors (Lipinski definition) is 2. The topological polar surface area (TPSA) is 49.4 Å². The first kappa shape index (κ1) is 15.3. The molecule has 2 atom stereocenters. The molecule has 0 radical (unpaired) electrons. The summed E-state index contributed by atoms with van der Waals surface area (Å²) in [5.74, 6) is 0.264. The van der Waals surface area contributed by atoms with Crippen molar-refractivity contribution < 1.29 is 8.42 Å². The molecule has 0 heterocycles. The van der Waals surface area contributed by atoms with Crippen LogP contribution in [0, 0.1) is 5.92 Å². The van der Waals surface area contributed by atoms with Gasteiger partial charge in [-0.1, -0.05) is 22.9 Å². The van der Waals surface area contributed by atoms with Crippen molar-refractivity contribution in [2.45, 2.75) is 39.8 Å². The van der Waals surface area contributed by atoms with Crippen molar-refractivity contribution >= 4 is 26.1 Å². The Hall–Kier alpha value is 0.350. The van der Waals surface area contributed by atoms with E-state index in [0.29, 0.717) is 0 Å². The lowest BCUT2D eigenvalue weighted by molar-refractivity contribution is 0.387. The van der Waals surface area contributed by atoms with Gasteiger partial charge in [-0.3, -0.25) is 0 Å². The zero-order valence-corrected chi connectivity index (χ0v) is 12.4. The van der Waals surface area contributed by atoms with E-state index in [-0.39, 0.29) is 18.0 Å². The van der Waals surface area contributed by atoms with Crippen LogP contribution in [0.15, 0.2) is 0 Å². The second-order valence-corrected chi connectivity index (χ2v) is 6.56. The summed E-state index contributed by atoms with van der Waals surface area (Å²) in [6.07, 6.45) is 0. The van der Waals surface area contributed by atoms with Crippen LogP contribution in [-0.2, 0) is 10.2 Å². The van der Waals surface area contributed by atoms with Crippen molar-refractivity contribution in [3.8, 4) is 0 Å². The Labute approximate surface area is 102 Å². The average molecular weight is 301 g/mol. The van der Waals surface area contributed by atoms with E-state index in [4.69, 9.17) is 0 Å². The van der Waals surface area contributed by atoms with Gasteiger partial charge in [0.1, 0.15) is 0 Å². The Balaban J connectivity index is 4.52. The molecule has 0 rings (SSSR count). The monoisotopic (exact) mass is 300 g/mol. The largest absolute Gasteiger partial charge is 0.279 e. The smallest absolute Gasteiger partial charge is 0.199 e. The van der Waals surface area contributed by atoms with Gasteiger partial charge in [0.25, 0.3) is 10.2 Å². The molecule has 1 N–H and O–H groups in total. The van der Waals surface area contributed by atoms with Gasteiger partial charge in [-0.2, -0.15) is 17.4 Å². The molecule has 0 aliphatic carbocycles. The molecule has 92 valence electrons. The van der Waals surface area contributed by atoms with Crippen LogP contribution in [0.2, 0.25) is 0 Å². The first-order valence-corrected chi connectivity index (χ1v) is 7.59. The Morgan fingerprint density at radius 3 is 2.07 bits per heavy atom. The fourth-order valence-corrected chi connectivity index (χ4v) is 2.83. The van der Waals surface area contributed by atoms with E-state index in [2.05, 4.69) is 20.7 Å². The van der Waals surface area contributed by atoms with Crippen molar-refractivity contribution in [1.29, 1.82) is 0 Å². The normalized spacial score (nSPS) is 17.1. The highest BCUT2D eigenvalue weighted by molar-refractivity contribution is 9.09. The van der Waals surface area contributed by atoms with Crippen LogP contribution in [0.1, 0.15) is 27.7 Å². The molecule has 4 nitrogen and oxygen atoms in total. The molecular weight excluding hydrogens is 280 g/mol. The van der Waals surface area contributed by atoms with E-state index in [0.717, 1.165) is 5.33 Å². The Morgan fingerprint density at radius 1 is 1.27 bits per heavy atom. The third-order valence-electron chi connectivity index (χ3n) is 2.54. The highest BCUT2D eigenvalue weighted by Crippen LogP contribution is 2.09. The van der Waals surface area contributed by atoms with Gasteiger partial charge in [0, 0.05) is 24.5 Å². The average Bonchev–Trinajstić information content (AvgIpc) is 2.14. The predicted octanol–water partition coefficient (Wildman–Crippen LogP) is 1.58. The van der Waals surface area contributed by atoms with Gasteiger partial charge in [0.15, 0.2) is 0 Å². The molecule has 6 heteroatoms. The van der Waals surface area contributed by atoms with E-state index < -0.39 is 10.2 Å². The molecule has 0 aromatic rings. The van der Waals surface area contributed by atoms with Crippen LogP contribution in [0.3, 0.4) is 0 Å². The van der Waals surface area contributed by atoms with Crippen LogP contribution in [-0.4, -0.2) is 37.2 Å². The van der Waals surface area contributed by atoms with Crippen LogP contribution in [0.25, 0.3) is 0 Å². The summed E-state index contributed by atoms with van der Waals surface area (Å²) in [5.41, 5.74) is 0. The van der Waals surface area contributed by atoms with Gasteiger partial charge in [-0.05, 0) is 26.7 Å². The molecule has 0 amide bonds. The third-order valence-corrected chi connectivity index (χ3v) is 5.41. The minimum atomic E-state index is -3.35. The molecule has 0 spiro atoms. The van der Waals surface area contributed by atoms with Crippen molar-refractivity contribution in [3.05, 3.63) is 0 Å². The van der Waals surface area contributed by atoms with Gasteiger partial charge in [-0.25, -0.2) is 0 Å². The van der Waals surface area contributed by atoms with E-state index in [1.54, 1.807) is 7.05 Å². The summed E-state index contributed by atoms with van der Waals surface area (Å²) < 4.78 is 27.6. The quantitative estimate of drug-likeness (QED) is 0.757. The fourth-order valence-electron chi connectivity index (χ4n) is 0.845. The number of rotatable bonds is 6. The number of nitrogens with zero attached hydrogens (tertiary/aromatic N) is 1. The van der Waals surface area contributed by atoms with Crippen LogP contribution >= 0.6 is 15.9 Å².